The summed E-state index contributed by atoms with van der Waals surface area (Å²) in [6.07, 6.45) is 0.887. The van der Waals surface area contributed by atoms with Gasteiger partial charge in [0.15, 0.2) is 5.13 Å². The predicted molar refractivity (Wildman–Crippen MR) is 127 cm³/mol. The van der Waals surface area contributed by atoms with Gasteiger partial charge in [0.05, 0.1) is 12.1 Å². The lowest BCUT2D eigenvalue weighted by Crippen LogP contribution is -2.25. The molecule has 0 aliphatic carbocycles. The van der Waals surface area contributed by atoms with E-state index >= 15 is 0 Å². The number of hydrogen-bond donors (Lipinski definition) is 3. The van der Waals surface area contributed by atoms with E-state index < -0.39 is 0 Å². The molecule has 0 aliphatic rings. The highest BCUT2D eigenvalue weighted by Gasteiger charge is 2.12. The highest BCUT2D eigenvalue weighted by Crippen LogP contribution is 2.17. The Labute approximate surface area is 191 Å². The summed E-state index contributed by atoms with van der Waals surface area (Å²) in [4.78, 5) is 40.9. The molecule has 0 saturated carbocycles. The summed E-state index contributed by atoms with van der Waals surface area (Å²) >= 11 is 1.28. The summed E-state index contributed by atoms with van der Waals surface area (Å²) in [6, 6.07) is 16.3. The van der Waals surface area contributed by atoms with Gasteiger partial charge in [0, 0.05) is 29.1 Å². The van der Waals surface area contributed by atoms with Crippen molar-refractivity contribution in [3.63, 3.8) is 0 Å². The largest absolute Gasteiger partial charge is 0.352 e. The summed E-state index contributed by atoms with van der Waals surface area (Å²) in [6.45, 7) is 4.20. The molecule has 1 aromatic heterocycles. The quantitative estimate of drug-likeness (QED) is 0.454. The van der Waals surface area contributed by atoms with Crippen molar-refractivity contribution in [3.8, 4) is 0 Å². The van der Waals surface area contributed by atoms with Crippen molar-refractivity contribution < 1.29 is 14.4 Å². The molecule has 0 fully saturated rings. The Bertz CT molecular complexity index is 1080. The lowest BCUT2D eigenvalue weighted by Gasteiger charge is -2.11. The average molecular weight is 451 g/mol. The van der Waals surface area contributed by atoms with Crippen LogP contribution in [0.2, 0.25) is 0 Å². The SMILES string of the molecule is CCC(C)C(=O)Nc1cccc(CNC(=O)Cc2csc(NC(=O)c3ccccc3)n2)c1. The minimum absolute atomic E-state index is 0.0209. The summed E-state index contributed by atoms with van der Waals surface area (Å²) in [5.74, 6) is -0.493. The van der Waals surface area contributed by atoms with E-state index in [0.29, 0.717) is 28.6 Å². The Kier molecular flexibility index (Phi) is 8.10. The van der Waals surface area contributed by atoms with Gasteiger partial charge in [0.25, 0.3) is 5.91 Å². The molecule has 3 amide bonds. The molecule has 0 spiro atoms. The maximum Gasteiger partial charge on any atom is 0.257 e. The molecule has 0 bridgehead atoms. The molecule has 3 N–H and O–H groups in total. The molecule has 8 heteroatoms. The average Bonchev–Trinajstić information content (AvgIpc) is 3.24. The van der Waals surface area contributed by atoms with E-state index in [2.05, 4.69) is 20.9 Å². The van der Waals surface area contributed by atoms with Crippen LogP contribution in [0.15, 0.2) is 60.0 Å². The number of carbonyl (C=O) groups is 3. The van der Waals surface area contributed by atoms with Gasteiger partial charge >= 0.3 is 0 Å². The van der Waals surface area contributed by atoms with E-state index in [1.165, 1.54) is 11.3 Å². The third kappa shape index (κ3) is 6.75. The molecule has 1 atom stereocenters. The molecule has 2 aromatic carbocycles. The van der Waals surface area contributed by atoms with Crippen LogP contribution in [0, 0.1) is 5.92 Å². The molecular formula is C24H26N4O3S. The maximum atomic E-state index is 12.3. The molecule has 32 heavy (non-hydrogen) atoms. The molecule has 0 saturated heterocycles. The highest BCUT2D eigenvalue weighted by atomic mass is 32.1. The van der Waals surface area contributed by atoms with Crippen molar-refractivity contribution in [2.75, 3.05) is 10.6 Å². The summed E-state index contributed by atoms with van der Waals surface area (Å²) in [7, 11) is 0. The van der Waals surface area contributed by atoms with Gasteiger partial charge in [-0.25, -0.2) is 4.98 Å². The maximum absolute atomic E-state index is 12.3. The zero-order valence-electron chi connectivity index (χ0n) is 18.1. The van der Waals surface area contributed by atoms with Crippen molar-refractivity contribution in [1.82, 2.24) is 10.3 Å². The molecule has 1 unspecified atom stereocenters. The van der Waals surface area contributed by atoms with Crippen LogP contribution in [-0.4, -0.2) is 22.7 Å². The number of nitrogens with zero attached hydrogens (tertiary/aromatic N) is 1. The van der Waals surface area contributed by atoms with E-state index in [1.54, 1.807) is 29.6 Å². The van der Waals surface area contributed by atoms with Gasteiger partial charge in [-0.2, -0.15) is 0 Å². The van der Waals surface area contributed by atoms with Crippen LogP contribution in [0.4, 0.5) is 10.8 Å². The lowest BCUT2D eigenvalue weighted by atomic mass is 10.1. The Balaban J connectivity index is 1.49. The van der Waals surface area contributed by atoms with Crippen LogP contribution in [0.3, 0.4) is 0 Å². The Morgan fingerprint density at radius 2 is 1.81 bits per heavy atom. The third-order valence-electron chi connectivity index (χ3n) is 4.89. The highest BCUT2D eigenvalue weighted by molar-refractivity contribution is 7.14. The molecule has 1 heterocycles. The first-order valence-corrected chi connectivity index (χ1v) is 11.3. The fraction of sp³-hybridized carbons (Fsp3) is 0.250. The van der Waals surface area contributed by atoms with Gasteiger partial charge in [-0.05, 0) is 36.2 Å². The third-order valence-corrected chi connectivity index (χ3v) is 5.70. The molecule has 3 aromatic rings. The Morgan fingerprint density at radius 1 is 1.03 bits per heavy atom. The summed E-state index contributed by atoms with van der Waals surface area (Å²) < 4.78 is 0. The number of aromatic nitrogens is 1. The molecule has 0 aliphatic heterocycles. The van der Waals surface area contributed by atoms with E-state index in [0.717, 1.165) is 12.0 Å². The van der Waals surface area contributed by atoms with Gasteiger partial charge < -0.3 is 10.6 Å². The van der Waals surface area contributed by atoms with Crippen LogP contribution in [0.25, 0.3) is 0 Å². The Morgan fingerprint density at radius 3 is 2.56 bits per heavy atom. The minimum atomic E-state index is -0.240. The van der Waals surface area contributed by atoms with Crippen LogP contribution in [0.5, 0.6) is 0 Å². The first-order chi connectivity index (χ1) is 15.4. The van der Waals surface area contributed by atoms with Gasteiger partial charge in [-0.3, -0.25) is 19.7 Å². The monoisotopic (exact) mass is 450 g/mol. The van der Waals surface area contributed by atoms with Crippen LogP contribution >= 0.6 is 11.3 Å². The van der Waals surface area contributed by atoms with E-state index in [9.17, 15) is 14.4 Å². The molecule has 3 rings (SSSR count). The van der Waals surface area contributed by atoms with E-state index in [4.69, 9.17) is 0 Å². The van der Waals surface area contributed by atoms with Crippen LogP contribution in [-0.2, 0) is 22.6 Å². The fourth-order valence-corrected chi connectivity index (χ4v) is 3.55. The number of rotatable bonds is 9. The van der Waals surface area contributed by atoms with E-state index in [-0.39, 0.29) is 30.1 Å². The fourth-order valence-electron chi connectivity index (χ4n) is 2.84. The van der Waals surface area contributed by atoms with Gasteiger partial charge in [0.2, 0.25) is 11.8 Å². The zero-order chi connectivity index (χ0) is 22.9. The second-order valence-corrected chi connectivity index (χ2v) is 8.27. The first-order valence-electron chi connectivity index (χ1n) is 10.4. The van der Waals surface area contributed by atoms with Crippen molar-refractivity contribution in [3.05, 3.63) is 76.8 Å². The predicted octanol–water partition coefficient (Wildman–Crippen LogP) is 4.24. The number of amides is 3. The van der Waals surface area contributed by atoms with E-state index in [1.807, 2.05) is 44.2 Å². The number of nitrogens with one attached hydrogen (secondary N) is 3. The second kappa shape index (κ2) is 11.2. The number of carbonyl (C=O) groups excluding carboxylic acids is 3. The molecule has 166 valence electrons. The summed E-state index contributed by atoms with van der Waals surface area (Å²) in [5.41, 5.74) is 2.73. The molecule has 7 nitrogen and oxygen atoms in total. The topological polar surface area (TPSA) is 100 Å². The number of hydrogen-bond acceptors (Lipinski definition) is 5. The number of thiazole rings is 1. The Hall–Kier alpha value is -3.52. The van der Waals surface area contributed by atoms with Crippen molar-refractivity contribution in [2.45, 2.75) is 33.2 Å². The zero-order valence-corrected chi connectivity index (χ0v) is 18.9. The lowest BCUT2D eigenvalue weighted by molar-refractivity contribution is -0.121. The minimum Gasteiger partial charge on any atom is -0.352 e. The van der Waals surface area contributed by atoms with Crippen molar-refractivity contribution in [2.24, 2.45) is 5.92 Å². The number of benzene rings is 2. The van der Waals surface area contributed by atoms with Crippen molar-refractivity contribution >= 4 is 39.9 Å². The first kappa shape index (κ1) is 23.1. The molecule has 0 radical (unpaired) electrons. The van der Waals surface area contributed by atoms with Gasteiger partial charge in [-0.1, -0.05) is 44.2 Å². The van der Waals surface area contributed by atoms with Gasteiger partial charge in [0.1, 0.15) is 0 Å². The normalized spacial score (nSPS) is 11.4. The van der Waals surface area contributed by atoms with Gasteiger partial charge in [-0.15, -0.1) is 11.3 Å². The summed E-state index contributed by atoms with van der Waals surface area (Å²) in [5, 5.41) is 10.7. The molecular weight excluding hydrogens is 424 g/mol. The van der Waals surface area contributed by atoms with Crippen LogP contribution < -0.4 is 16.0 Å². The number of anilines is 2. The standard InChI is InChI=1S/C24H26N4O3S/c1-3-16(2)22(30)26-19-11-7-8-17(12-19)14-25-21(29)13-20-15-32-24(27-20)28-23(31)18-9-5-4-6-10-18/h4-12,15-16H,3,13-14H2,1-2H3,(H,25,29)(H,26,30)(H,27,28,31). The smallest absolute Gasteiger partial charge is 0.257 e. The van der Waals surface area contributed by atoms with Crippen LogP contribution in [0.1, 0.15) is 41.9 Å². The van der Waals surface area contributed by atoms with Crippen molar-refractivity contribution in [1.29, 1.82) is 0 Å². The second-order valence-electron chi connectivity index (χ2n) is 7.42.